The van der Waals surface area contributed by atoms with E-state index in [4.69, 9.17) is 9.84 Å². The molecule has 1 unspecified atom stereocenters. The maximum Gasteiger partial charge on any atom is 0.326 e. The molecule has 0 aromatic heterocycles. The van der Waals surface area contributed by atoms with Gasteiger partial charge in [-0.15, -0.1) is 0 Å². The Kier molecular flexibility index (Phi) is 11.9. The van der Waals surface area contributed by atoms with E-state index in [2.05, 4.69) is 71.1 Å². The van der Waals surface area contributed by atoms with Gasteiger partial charge in [-0.3, -0.25) is 9.59 Å². The van der Waals surface area contributed by atoms with Gasteiger partial charge >= 0.3 is 11.9 Å². The minimum absolute atomic E-state index is 0.145. The van der Waals surface area contributed by atoms with Crippen LogP contribution in [-0.4, -0.2) is 51.9 Å². The second kappa shape index (κ2) is 14.5. The van der Waals surface area contributed by atoms with E-state index in [-0.39, 0.29) is 36.4 Å². The number of carbonyl (C=O) groups excluding carboxylic acids is 1. The van der Waals surface area contributed by atoms with E-state index in [1.54, 1.807) is 0 Å². The zero-order chi connectivity index (χ0) is 31.0. The van der Waals surface area contributed by atoms with Crippen LogP contribution >= 0.6 is 0 Å². The van der Waals surface area contributed by atoms with Gasteiger partial charge in [0.05, 0.1) is 6.10 Å². The normalized spacial score (nSPS) is 13.4. The SMILES string of the molecule is CCC(CC)(c1ccc(CCC(O)C(C)(C)C)c(C)c1)c1ccc(OCC(=O)N[C@@H](CCC(=O)O)C(=O)O)c(C)c1. The highest BCUT2D eigenvalue weighted by Crippen LogP contribution is 2.41. The number of carboxylic acids is 2. The third-order valence-electron chi connectivity index (χ3n) is 8.16. The third kappa shape index (κ3) is 9.05. The van der Waals surface area contributed by atoms with Crippen LogP contribution < -0.4 is 10.1 Å². The van der Waals surface area contributed by atoms with Gasteiger partial charge < -0.3 is 25.4 Å². The fourth-order valence-corrected chi connectivity index (χ4v) is 5.25. The van der Waals surface area contributed by atoms with Gasteiger partial charge in [0.1, 0.15) is 11.8 Å². The summed E-state index contributed by atoms with van der Waals surface area (Å²) in [5.41, 5.74) is 5.32. The highest BCUT2D eigenvalue weighted by molar-refractivity contribution is 5.84. The van der Waals surface area contributed by atoms with Gasteiger partial charge in [0, 0.05) is 11.8 Å². The second-order valence-corrected chi connectivity index (χ2v) is 12.0. The van der Waals surface area contributed by atoms with Crippen LogP contribution in [0.1, 0.15) is 94.5 Å². The Bertz CT molecular complexity index is 1210. The summed E-state index contributed by atoms with van der Waals surface area (Å²) in [5.74, 6) is -2.53. The van der Waals surface area contributed by atoms with Crippen molar-refractivity contribution in [2.24, 2.45) is 5.41 Å². The van der Waals surface area contributed by atoms with E-state index in [0.29, 0.717) is 12.2 Å². The first-order valence-electron chi connectivity index (χ1n) is 14.4. The van der Waals surface area contributed by atoms with E-state index in [9.17, 15) is 24.6 Å². The molecule has 0 saturated heterocycles. The molecule has 0 spiro atoms. The van der Waals surface area contributed by atoms with Crippen molar-refractivity contribution in [3.05, 3.63) is 64.2 Å². The maximum atomic E-state index is 12.3. The number of hydrogen-bond donors (Lipinski definition) is 4. The van der Waals surface area contributed by atoms with E-state index < -0.39 is 23.9 Å². The second-order valence-electron chi connectivity index (χ2n) is 12.0. The molecule has 2 rings (SSSR count). The van der Waals surface area contributed by atoms with Crippen LogP contribution in [0.25, 0.3) is 0 Å². The number of amides is 1. The summed E-state index contributed by atoms with van der Waals surface area (Å²) in [6, 6.07) is 11.3. The number of aryl methyl sites for hydroxylation is 3. The molecular formula is C33H47NO7. The Morgan fingerprint density at radius 1 is 0.902 bits per heavy atom. The molecular weight excluding hydrogens is 522 g/mol. The minimum atomic E-state index is -1.29. The number of nitrogens with one attached hydrogen (secondary N) is 1. The lowest BCUT2D eigenvalue weighted by Crippen LogP contribution is -2.43. The number of benzene rings is 2. The molecule has 0 aliphatic carbocycles. The minimum Gasteiger partial charge on any atom is -0.484 e. The van der Waals surface area contributed by atoms with E-state index in [1.807, 2.05) is 19.1 Å². The molecule has 41 heavy (non-hydrogen) atoms. The highest BCUT2D eigenvalue weighted by Gasteiger charge is 2.32. The summed E-state index contributed by atoms with van der Waals surface area (Å²) in [6.45, 7) is 14.2. The summed E-state index contributed by atoms with van der Waals surface area (Å²) < 4.78 is 5.71. The summed E-state index contributed by atoms with van der Waals surface area (Å²) in [7, 11) is 0. The van der Waals surface area contributed by atoms with Gasteiger partial charge in [0.15, 0.2) is 6.61 Å². The molecule has 0 saturated carbocycles. The molecule has 0 heterocycles. The number of aliphatic hydroxyl groups is 1. The lowest BCUT2D eigenvalue weighted by molar-refractivity contribution is -0.143. The van der Waals surface area contributed by atoms with Gasteiger partial charge in [0.25, 0.3) is 5.91 Å². The maximum absolute atomic E-state index is 12.3. The van der Waals surface area contributed by atoms with Crippen molar-refractivity contribution < 1.29 is 34.4 Å². The molecule has 0 aliphatic rings. The molecule has 8 heteroatoms. The first kappa shape index (κ1) is 33.8. The molecule has 0 radical (unpaired) electrons. The summed E-state index contributed by atoms with van der Waals surface area (Å²) in [5, 5.41) is 30.9. The number of aliphatic hydroxyl groups excluding tert-OH is 1. The average Bonchev–Trinajstić information content (AvgIpc) is 2.90. The summed E-state index contributed by atoms with van der Waals surface area (Å²) >= 11 is 0. The van der Waals surface area contributed by atoms with Crippen molar-refractivity contribution in [2.75, 3.05) is 6.61 Å². The number of aliphatic carboxylic acids is 2. The van der Waals surface area contributed by atoms with E-state index >= 15 is 0 Å². The van der Waals surface area contributed by atoms with Crippen molar-refractivity contribution in [3.63, 3.8) is 0 Å². The Labute approximate surface area is 244 Å². The average molecular weight is 570 g/mol. The first-order valence-corrected chi connectivity index (χ1v) is 14.4. The lowest BCUT2D eigenvalue weighted by atomic mass is 9.69. The zero-order valence-electron chi connectivity index (χ0n) is 25.5. The van der Waals surface area contributed by atoms with Crippen LogP contribution in [0.15, 0.2) is 36.4 Å². The van der Waals surface area contributed by atoms with Crippen LogP contribution in [0.4, 0.5) is 0 Å². The first-order chi connectivity index (χ1) is 19.1. The Balaban J connectivity index is 2.19. The van der Waals surface area contributed by atoms with Gasteiger partial charge in [-0.05, 0) is 85.3 Å². The fraction of sp³-hybridized carbons (Fsp3) is 0.545. The molecule has 8 nitrogen and oxygen atoms in total. The zero-order valence-corrected chi connectivity index (χ0v) is 25.5. The number of hydrogen-bond acceptors (Lipinski definition) is 5. The van der Waals surface area contributed by atoms with Gasteiger partial charge in [-0.1, -0.05) is 65.0 Å². The number of ether oxygens (including phenoxy) is 1. The largest absolute Gasteiger partial charge is 0.484 e. The standard InChI is InChI=1S/C33H47NO7/c1-8-33(9-2,24-12-10-23(21(3)18-24)11-16-28(35)32(5,6)7)25-13-15-27(22(4)19-25)41-20-29(36)34-26(31(39)40)14-17-30(37)38/h10,12-13,15,18-19,26,28,35H,8-9,11,14,16-17,20H2,1-7H3,(H,34,36)(H,37,38)(H,39,40)/t26-,28?/m0/s1. The molecule has 2 atom stereocenters. The quantitative estimate of drug-likeness (QED) is 0.221. The van der Waals surface area contributed by atoms with E-state index in [0.717, 1.165) is 30.4 Å². The summed E-state index contributed by atoms with van der Waals surface area (Å²) in [6.07, 6.45) is 2.38. The molecule has 0 aliphatic heterocycles. The predicted molar refractivity (Wildman–Crippen MR) is 159 cm³/mol. The van der Waals surface area contributed by atoms with Gasteiger partial charge in [-0.2, -0.15) is 0 Å². The lowest BCUT2D eigenvalue weighted by Gasteiger charge is -2.34. The molecule has 1 amide bonds. The van der Waals surface area contributed by atoms with Crippen molar-refractivity contribution >= 4 is 17.8 Å². The highest BCUT2D eigenvalue weighted by atomic mass is 16.5. The van der Waals surface area contributed by atoms with Crippen LogP contribution in [-0.2, 0) is 26.2 Å². The molecule has 226 valence electrons. The predicted octanol–water partition coefficient (Wildman–Crippen LogP) is 5.56. The van der Waals surface area contributed by atoms with Crippen LogP contribution in [0.3, 0.4) is 0 Å². The van der Waals surface area contributed by atoms with Crippen LogP contribution in [0.2, 0.25) is 0 Å². The van der Waals surface area contributed by atoms with Crippen LogP contribution in [0, 0.1) is 19.3 Å². The number of rotatable bonds is 15. The van der Waals surface area contributed by atoms with Gasteiger partial charge in [0.2, 0.25) is 0 Å². The molecule has 2 aromatic carbocycles. The third-order valence-corrected chi connectivity index (χ3v) is 8.16. The summed E-state index contributed by atoms with van der Waals surface area (Å²) in [4.78, 5) is 34.4. The monoisotopic (exact) mass is 569 g/mol. The molecule has 4 N–H and O–H groups in total. The number of carbonyl (C=O) groups is 3. The molecule has 2 aromatic rings. The molecule has 0 fully saturated rings. The topological polar surface area (TPSA) is 133 Å². The smallest absolute Gasteiger partial charge is 0.326 e. The molecule has 0 bridgehead atoms. The Morgan fingerprint density at radius 2 is 1.49 bits per heavy atom. The Morgan fingerprint density at radius 3 is 1.98 bits per heavy atom. The van der Waals surface area contributed by atoms with Crippen molar-refractivity contribution in [2.45, 2.75) is 105 Å². The fourth-order valence-electron chi connectivity index (χ4n) is 5.25. The van der Waals surface area contributed by atoms with Gasteiger partial charge in [-0.25, -0.2) is 4.79 Å². The number of carboxylic acid groups (broad SMARTS) is 2. The van der Waals surface area contributed by atoms with Crippen molar-refractivity contribution in [3.8, 4) is 5.75 Å². The van der Waals surface area contributed by atoms with E-state index in [1.165, 1.54) is 16.7 Å². The van der Waals surface area contributed by atoms with Crippen molar-refractivity contribution in [1.29, 1.82) is 0 Å². The van der Waals surface area contributed by atoms with Crippen molar-refractivity contribution in [1.82, 2.24) is 5.32 Å². The van der Waals surface area contributed by atoms with Crippen LogP contribution in [0.5, 0.6) is 5.75 Å². The Hall–Kier alpha value is -3.39.